The Balaban J connectivity index is 1.77. The van der Waals surface area contributed by atoms with Gasteiger partial charge in [-0.05, 0) is 50.2 Å². The van der Waals surface area contributed by atoms with Gasteiger partial charge in [-0.1, -0.05) is 32.3 Å². The summed E-state index contributed by atoms with van der Waals surface area (Å²) in [5.74, 6) is 1.28. The molecule has 3 heteroatoms. The summed E-state index contributed by atoms with van der Waals surface area (Å²) in [5.41, 5.74) is 1.07. The van der Waals surface area contributed by atoms with E-state index in [0.717, 1.165) is 24.3 Å². The second-order valence-corrected chi connectivity index (χ2v) is 6.38. The second-order valence-electron chi connectivity index (χ2n) is 6.38. The van der Waals surface area contributed by atoms with Gasteiger partial charge in [-0.3, -0.25) is 9.78 Å². The van der Waals surface area contributed by atoms with Gasteiger partial charge in [0.05, 0.1) is 6.04 Å². The van der Waals surface area contributed by atoms with Crippen LogP contribution in [-0.4, -0.2) is 10.9 Å². The van der Waals surface area contributed by atoms with Crippen LogP contribution in [-0.2, 0) is 4.79 Å². The van der Waals surface area contributed by atoms with Gasteiger partial charge in [0.1, 0.15) is 0 Å². The summed E-state index contributed by atoms with van der Waals surface area (Å²) in [6, 6.07) is 3.97. The minimum atomic E-state index is 0.0454. The number of pyridine rings is 1. The van der Waals surface area contributed by atoms with E-state index in [-0.39, 0.29) is 17.9 Å². The standard InChI is InChI=1S/C18H28N2O/c1-3-4-6-15-8-10-16(11-9-15)18(21)20-14(2)17-7-5-12-19-13-17/h5,7,12-16H,3-4,6,8-11H2,1-2H3,(H,20,21). The highest BCUT2D eigenvalue weighted by atomic mass is 16.1. The predicted molar refractivity (Wildman–Crippen MR) is 85.8 cm³/mol. The van der Waals surface area contributed by atoms with Gasteiger partial charge >= 0.3 is 0 Å². The third-order valence-corrected chi connectivity index (χ3v) is 4.73. The second kappa shape index (κ2) is 8.16. The molecule has 116 valence electrons. The van der Waals surface area contributed by atoms with Crippen LogP contribution in [0.3, 0.4) is 0 Å². The number of hydrogen-bond acceptors (Lipinski definition) is 2. The van der Waals surface area contributed by atoms with E-state index >= 15 is 0 Å². The maximum absolute atomic E-state index is 12.4. The molecule has 0 spiro atoms. The van der Waals surface area contributed by atoms with Crippen molar-refractivity contribution in [3.05, 3.63) is 30.1 Å². The van der Waals surface area contributed by atoms with Crippen LogP contribution in [0.15, 0.2) is 24.5 Å². The fourth-order valence-electron chi connectivity index (χ4n) is 3.25. The normalized spacial score (nSPS) is 23.5. The third kappa shape index (κ3) is 4.83. The summed E-state index contributed by atoms with van der Waals surface area (Å²) >= 11 is 0. The number of nitrogens with one attached hydrogen (secondary N) is 1. The Bertz CT molecular complexity index is 424. The summed E-state index contributed by atoms with van der Waals surface area (Å²) in [4.78, 5) is 16.5. The summed E-state index contributed by atoms with van der Waals surface area (Å²) < 4.78 is 0. The smallest absolute Gasteiger partial charge is 0.223 e. The summed E-state index contributed by atoms with van der Waals surface area (Å²) in [7, 11) is 0. The number of amides is 1. The van der Waals surface area contributed by atoms with E-state index in [1.807, 2.05) is 25.3 Å². The molecule has 2 rings (SSSR count). The molecule has 1 fully saturated rings. The lowest BCUT2D eigenvalue weighted by molar-refractivity contribution is -0.126. The Morgan fingerprint density at radius 2 is 2.14 bits per heavy atom. The molecule has 1 unspecified atom stereocenters. The average molecular weight is 288 g/mol. The fourth-order valence-corrected chi connectivity index (χ4v) is 3.25. The molecule has 1 aromatic heterocycles. The molecule has 1 saturated carbocycles. The molecule has 1 aliphatic carbocycles. The Kier molecular flexibility index (Phi) is 6.21. The number of carbonyl (C=O) groups is 1. The minimum Gasteiger partial charge on any atom is -0.349 e. The van der Waals surface area contributed by atoms with Crippen molar-refractivity contribution >= 4 is 5.91 Å². The lowest BCUT2D eigenvalue weighted by Crippen LogP contribution is -2.34. The largest absolute Gasteiger partial charge is 0.349 e. The van der Waals surface area contributed by atoms with Crippen molar-refractivity contribution < 1.29 is 4.79 Å². The molecule has 1 N–H and O–H groups in total. The molecule has 1 aromatic rings. The van der Waals surface area contributed by atoms with Crippen LogP contribution >= 0.6 is 0 Å². The van der Waals surface area contributed by atoms with Gasteiger partial charge in [0.25, 0.3) is 0 Å². The van der Waals surface area contributed by atoms with Crippen LogP contribution in [0, 0.1) is 11.8 Å². The maximum Gasteiger partial charge on any atom is 0.223 e. The van der Waals surface area contributed by atoms with Crippen LogP contribution in [0.5, 0.6) is 0 Å². The molecule has 1 amide bonds. The first-order valence-corrected chi connectivity index (χ1v) is 8.41. The lowest BCUT2D eigenvalue weighted by Gasteiger charge is -2.28. The van der Waals surface area contributed by atoms with Gasteiger partial charge in [0, 0.05) is 18.3 Å². The average Bonchev–Trinajstić information content (AvgIpc) is 2.54. The highest BCUT2D eigenvalue weighted by Gasteiger charge is 2.26. The van der Waals surface area contributed by atoms with E-state index in [1.165, 1.54) is 32.1 Å². The van der Waals surface area contributed by atoms with Crippen LogP contribution in [0.4, 0.5) is 0 Å². The number of hydrogen-bond donors (Lipinski definition) is 1. The van der Waals surface area contributed by atoms with Crippen molar-refractivity contribution in [2.24, 2.45) is 11.8 Å². The van der Waals surface area contributed by atoms with Crippen molar-refractivity contribution in [3.8, 4) is 0 Å². The van der Waals surface area contributed by atoms with Gasteiger partial charge in [-0.25, -0.2) is 0 Å². The number of rotatable bonds is 6. The third-order valence-electron chi connectivity index (χ3n) is 4.73. The fraction of sp³-hybridized carbons (Fsp3) is 0.667. The molecule has 21 heavy (non-hydrogen) atoms. The van der Waals surface area contributed by atoms with Gasteiger partial charge < -0.3 is 5.32 Å². The van der Waals surface area contributed by atoms with Crippen molar-refractivity contribution in [3.63, 3.8) is 0 Å². The zero-order valence-electron chi connectivity index (χ0n) is 13.3. The number of unbranched alkanes of at least 4 members (excludes halogenated alkanes) is 1. The lowest BCUT2D eigenvalue weighted by atomic mass is 9.79. The van der Waals surface area contributed by atoms with Crippen molar-refractivity contribution in [1.29, 1.82) is 0 Å². The van der Waals surface area contributed by atoms with Crippen molar-refractivity contribution in [2.75, 3.05) is 0 Å². The number of nitrogens with zero attached hydrogens (tertiary/aromatic N) is 1. The molecular weight excluding hydrogens is 260 g/mol. The SMILES string of the molecule is CCCCC1CCC(C(=O)NC(C)c2cccnc2)CC1. The summed E-state index contributed by atoms with van der Waals surface area (Å²) in [5, 5.41) is 3.14. The van der Waals surface area contributed by atoms with E-state index < -0.39 is 0 Å². The molecular formula is C18H28N2O. The Labute approximate surface area is 128 Å². The van der Waals surface area contributed by atoms with E-state index in [0.29, 0.717) is 0 Å². The van der Waals surface area contributed by atoms with Gasteiger partial charge in [-0.15, -0.1) is 0 Å². The van der Waals surface area contributed by atoms with Crippen LogP contribution < -0.4 is 5.32 Å². The van der Waals surface area contributed by atoms with Crippen LogP contribution in [0.25, 0.3) is 0 Å². The highest BCUT2D eigenvalue weighted by molar-refractivity contribution is 5.79. The van der Waals surface area contributed by atoms with E-state index in [1.54, 1.807) is 6.20 Å². The Hall–Kier alpha value is -1.38. The number of carbonyl (C=O) groups excluding carboxylic acids is 1. The molecule has 1 heterocycles. The van der Waals surface area contributed by atoms with Gasteiger partial charge in [0.15, 0.2) is 0 Å². The molecule has 0 aliphatic heterocycles. The topological polar surface area (TPSA) is 42.0 Å². The first kappa shape index (κ1) is 16.0. The zero-order valence-corrected chi connectivity index (χ0v) is 13.3. The highest BCUT2D eigenvalue weighted by Crippen LogP contribution is 2.32. The van der Waals surface area contributed by atoms with Gasteiger partial charge in [0.2, 0.25) is 5.91 Å². The predicted octanol–water partition coefficient (Wildman–Crippen LogP) is 4.26. The van der Waals surface area contributed by atoms with E-state index in [9.17, 15) is 4.79 Å². The van der Waals surface area contributed by atoms with Crippen molar-refractivity contribution in [2.45, 2.75) is 64.8 Å². The van der Waals surface area contributed by atoms with Crippen molar-refractivity contribution in [1.82, 2.24) is 10.3 Å². The van der Waals surface area contributed by atoms with E-state index in [4.69, 9.17) is 0 Å². The monoisotopic (exact) mass is 288 g/mol. The molecule has 1 aliphatic rings. The van der Waals surface area contributed by atoms with Crippen LogP contribution in [0.1, 0.15) is 70.4 Å². The van der Waals surface area contributed by atoms with E-state index in [2.05, 4.69) is 17.2 Å². The summed E-state index contributed by atoms with van der Waals surface area (Å²) in [6.07, 6.45) is 12.1. The Morgan fingerprint density at radius 1 is 1.38 bits per heavy atom. The molecule has 0 radical (unpaired) electrons. The maximum atomic E-state index is 12.4. The first-order valence-electron chi connectivity index (χ1n) is 8.41. The van der Waals surface area contributed by atoms with Gasteiger partial charge in [-0.2, -0.15) is 0 Å². The first-order chi connectivity index (χ1) is 10.2. The molecule has 0 aromatic carbocycles. The Morgan fingerprint density at radius 3 is 2.76 bits per heavy atom. The molecule has 0 bridgehead atoms. The summed E-state index contributed by atoms with van der Waals surface area (Å²) in [6.45, 7) is 4.28. The molecule has 1 atom stereocenters. The minimum absolute atomic E-state index is 0.0454. The molecule has 3 nitrogen and oxygen atoms in total. The van der Waals surface area contributed by atoms with Crippen LogP contribution in [0.2, 0.25) is 0 Å². The zero-order chi connectivity index (χ0) is 15.1. The molecule has 0 saturated heterocycles. The number of aromatic nitrogens is 1. The quantitative estimate of drug-likeness (QED) is 0.850.